The molecule has 4 heterocycles. The number of amides is 1. The predicted molar refractivity (Wildman–Crippen MR) is 124 cm³/mol. The Morgan fingerprint density at radius 1 is 1.21 bits per heavy atom. The molecule has 0 unspecified atom stereocenters. The lowest BCUT2D eigenvalue weighted by atomic mass is 9.72. The third-order valence-corrected chi connectivity index (χ3v) is 7.85. The molecule has 3 aliphatic heterocycles. The first-order valence-electron chi connectivity index (χ1n) is 12.4. The number of rotatable bonds is 1. The largest absolute Gasteiger partial charge is 0.495 e. The van der Waals surface area contributed by atoms with E-state index in [2.05, 4.69) is 4.98 Å². The summed E-state index contributed by atoms with van der Waals surface area (Å²) in [5, 5.41) is -0.0623. The average Bonchev–Trinajstić information content (AvgIpc) is 3.32. The van der Waals surface area contributed by atoms with E-state index in [0.717, 1.165) is 4.90 Å². The summed E-state index contributed by atoms with van der Waals surface area (Å²) in [7, 11) is -0.768. The fourth-order valence-electron chi connectivity index (χ4n) is 5.15. The van der Waals surface area contributed by atoms with Crippen molar-refractivity contribution >= 4 is 41.1 Å². The number of imidazole rings is 1. The van der Waals surface area contributed by atoms with E-state index in [1.165, 1.54) is 12.1 Å². The molecule has 1 fully saturated rings. The summed E-state index contributed by atoms with van der Waals surface area (Å²) in [5.41, 5.74) is 1.22. The second kappa shape index (κ2) is 6.59. The van der Waals surface area contributed by atoms with Gasteiger partial charge in [0, 0.05) is 22.7 Å². The number of carbonyl (C=O) groups is 1. The van der Waals surface area contributed by atoms with Gasteiger partial charge in [0.15, 0.2) is 0 Å². The number of hydrogen-bond acceptors (Lipinski definition) is 4. The van der Waals surface area contributed by atoms with Gasteiger partial charge in [-0.15, -0.1) is 0 Å². The van der Waals surface area contributed by atoms with Crippen LogP contribution in [0.2, 0.25) is 5.02 Å². The van der Waals surface area contributed by atoms with Crippen LogP contribution in [0.1, 0.15) is 72.1 Å². The maximum absolute atomic E-state index is 14.3. The van der Waals surface area contributed by atoms with E-state index in [-0.39, 0.29) is 10.6 Å². The Kier molecular flexibility index (Phi) is 3.59. The standard InChI is InChI=1S/C24H24BClFN3O3/c1-23(2)24(3,4)33-25(32-23)13-8-6-7-12-20(13)18-11-19(29(5)22(12)31)21-28-16-10-15(27)14(26)9-17(16)30(18)21/h6-10,18-19H,11H2,1-5H3/t18-,19-/m1/s1/i5D3. The normalized spacial score (nSPS) is 26.6. The van der Waals surface area contributed by atoms with Gasteiger partial charge in [0.25, 0.3) is 5.91 Å². The van der Waals surface area contributed by atoms with Crippen LogP contribution in [0.15, 0.2) is 30.3 Å². The molecule has 6 rings (SSSR count). The van der Waals surface area contributed by atoms with E-state index in [1.807, 2.05) is 38.3 Å². The van der Waals surface area contributed by atoms with Gasteiger partial charge in [-0.05, 0) is 57.3 Å². The molecule has 2 atom stereocenters. The lowest BCUT2D eigenvalue weighted by Crippen LogP contribution is -2.41. The molecule has 1 amide bonds. The van der Waals surface area contributed by atoms with Gasteiger partial charge in [-0.3, -0.25) is 4.79 Å². The molecule has 0 spiro atoms. The van der Waals surface area contributed by atoms with Crippen molar-refractivity contribution in [1.82, 2.24) is 14.5 Å². The molecule has 0 saturated carbocycles. The Bertz CT molecular complexity index is 1440. The monoisotopic (exact) mass is 470 g/mol. The first kappa shape index (κ1) is 18.0. The highest BCUT2D eigenvalue weighted by Gasteiger charge is 2.54. The van der Waals surface area contributed by atoms with Crippen LogP contribution in [-0.4, -0.2) is 45.7 Å². The first-order valence-corrected chi connectivity index (χ1v) is 11.3. The SMILES string of the molecule is [2H]C([2H])([2H])N1C(=O)c2cccc(B3OC(C)(C)C(C)(C)O3)c2[C@H]2C[C@@H]1c1nc3cc(F)c(Cl)cc3n12. The summed E-state index contributed by atoms with van der Waals surface area (Å²) in [4.78, 5) is 19.3. The van der Waals surface area contributed by atoms with Crippen LogP contribution in [0.3, 0.4) is 0 Å². The molecule has 2 aromatic carbocycles. The Labute approximate surface area is 201 Å². The lowest BCUT2D eigenvalue weighted by molar-refractivity contribution is 0.00578. The summed E-state index contributed by atoms with van der Waals surface area (Å²) in [6, 6.07) is 6.64. The van der Waals surface area contributed by atoms with E-state index < -0.39 is 49.1 Å². The van der Waals surface area contributed by atoms with Crippen molar-refractivity contribution in [1.29, 1.82) is 0 Å². The number of benzene rings is 2. The summed E-state index contributed by atoms with van der Waals surface area (Å²) in [6.07, 6.45) is 0.293. The van der Waals surface area contributed by atoms with Crippen LogP contribution < -0.4 is 5.46 Å². The smallest absolute Gasteiger partial charge is 0.399 e. The molecule has 0 N–H and O–H groups in total. The van der Waals surface area contributed by atoms with Crippen LogP contribution in [0, 0.1) is 5.82 Å². The van der Waals surface area contributed by atoms with E-state index in [9.17, 15) is 9.18 Å². The molecular formula is C24H24BClFN3O3. The summed E-state index contributed by atoms with van der Waals surface area (Å²) in [5.74, 6) is -0.847. The van der Waals surface area contributed by atoms with Crippen LogP contribution in [0.5, 0.6) is 0 Å². The van der Waals surface area contributed by atoms with Crippen LogP contribution in [0.25, 0.3) is 11.0 Å². The molecule has 3 aromatic rings. The molecule has 33 heavy (non-hydrogen) atoms. The number of aromatic nitrogens is 2. The van der Waals surface area contributed by atoms with Gasteiger partial charge < -0.3 is 18.8 Å². The summed E-state index contributed by atoms with van der Waals surface area (Å²) in [6.45, 7) is 5.06. The van der Waals surface area contributed by atoms with Gasteiger partial charge >= 0.3 is 7.12 Å². The van der Waals surface area contributed by atoms with E-state index in [4.69, 9.17) is 25.0 Å². The minimum Gasteiger partial charge on any atom is -0.399 e. The van der Waals surface area contributed by atoms with E-state index in [1.54, 1.807) is 12.1 Å². The molecule has 0 radical (unpaired) electrons. The minimum absolute atomic E-state index is 0.0623. The van der Waals surface area contributed by atoms with Crippen molar-refractivity contribution in [2.45, 2.75) is 57.4 Å². The number of carbonyl (C=O) groups excluding carboxylic acids is 1. The van der Waals surface area contributed by atoms with Crippen LogP contribution in [-0.2, 0) is 9.31 Å². The molecule has 170 valence electrons. The Morgan fingerprint density at radius 2 is 1.94 bits per heavy atom. The molecule has 9 heteroatoms. The molecular weight excluding hydrogens is 444 g/mol. The van der Waals surface area contributed by atoms with Crippen molar-refractivity contribution in [2.24, 2.45) is 0 Å². The third-order valence-electron chi connectivity index (χ3n) is 7.56. The topological polar surface area (TPSA) is 56.6 Å². The van der Waals surface area contributed by atoms with Gasteiger partial charge in [0.2, 0.25) is 0 Å². The molecule has 3 aliphatic rings. The third kappa shape index (κ3) is 2.74. The fourth-order valence-corrected chi connectivity index (χ4v) is 5.31. The number of fused-ring (bicyclic) bond motifs is 9. The summed E-state index contributed by atoms with van der Waals surface area (Å²) >= 11 is 6.13. The first-order chi connectivity index (χ1) is 16.7. The minimum atomic E-state index is -2.72. The van der Waals surface area contributed by atoms with E-state index >= 15 is 0 Å². The average molecular weight is 471 g/mol. The Balaban J connectivity index is 1.64. The van der Waals surface area contributed by atoms with Crippen molar-refractivity contribution in [2.75, 3.05) is 6.98 Å². The van der Waals surface area contributed by atoms with Gasteiger partial charge in [-0.2, -0.15) is 0 Å². The van der Waals surface area contributed by atoms with Gasteiger partial charge in [-0.1, -0.05) is 23.7 Å². The highest BCUT2D eigenvalue weighted by Crippen LogP contribution is 2.48. The van der Waals surface area contributed by atoms with Crippen molar-refractivity contribution in [3.8, 4) is 0 Å². The van der Waals surface area contributed by atoms with Crippen molar-refractivity contribution < 1.29 is 22.6 Å². The molecule has 6 nitrogen and oxygen atoms in total. The molecule has 0 aliphatic carbocycles. The zero-order valence-electron chi connectivity index (χ0n) is 21.6. The Morgan fingerprint density at radius 3 is 2.64 bits per heavy atom. The lowest BCUT2D eigenvalue weighted by Gasteiger charge is -2.32. The molecule has 2 bridgehead atoms. The highest BCUT2D eigenvalue weighted by atomic mass is 35.5. The zero-order valence-corrected chi connectivity index (χ0v) is 19.4. The Hall–Kier alpha value is -2.42. The number of hydrogen-bond donors (Lipinski definition) is 0. The van der Waals surface area contributed by atoms with Gasteiger partial charge in [-0.25, -0.2) is 9.37 Å². The van der Waals surface area contributed by atoms with Crippen LogP contribution >= 0.6 is 11.6 Å². The second-order valence-electron chi connectivity index (χ2n) is 9.93. The predicted octanol–water partition coefficient (Wildman–Crippen LogP) is 4.25. The second-order valence-corrected chi connectivity index (χ2v) is 10.3. The van der Waals surface area contributed by atoms with Gasteiger partial charge in [0.05, 0.1) is 39.3 Å². The molecule has 1 aromatic heterocycles. The van der Waals surface area contributed by atoms with Crippen LogP contribution in [0.4, 0.5) is 4.39 Å². The zero-order chi connectivity index (χ0) is 25.9. The number of nitrogens with zero attached hydrogens (tertiary/aromatic N) is 3. The van der Waals surface area contributed by atoms with E-state index in [0.29, 0.717) is 34.3 Å². The molecule has 1 saturated heterocycles. The summed E-state index contributed by atoms with van der Waals surface area (Å²) < 4.78 is 53.4. The van der Waals surface area contributed by atoms with Crippen molar-refractivity contribution in [3.63, 3.8) is 0 Å². The maximum atomic E-state index is 14.3. The maximum Gasteiger partial charge on any atom is 0.495 e. The highest BCUT2D eigenvalue weighted by molar-refractivity contribution is 6.63. The quantitative estimate of drug-likeness (QED) is 0.499. The fraction of sp³-hybridized carbons (Fsp3) is 0.417. The number of halogens is 2. The van der Waals surface area contributed by atoms with Crippen molar-refractivity contribution in [3.05, 3.63) is 58.1 Å². The van der Waals surface area contributed by atoms with Gasteiger partial charge in [0.1, 0.15) is 11.6 Å².